The van der Waals surface area contributed by atoms with Crippen molar-refractivity contribution < 1.29 is 27.5 Å². The molecule has 0 aromatic heterocycles. The quantitative estimate of drug-likeness (QED) is 0.795. The van der Waals surface area contributed by atoms with Gasteiger partial charge < -0.3 is 15.0 Å². The minimum atomic E-state index is -4.87. The van der Waals surface area contributed by atoms with E-state index in [1.807, 2.05) is 29.6 Å². The van der Waals surface area contributed by atoms with E-state index in [1.54, 1.807) is 11.8 Å². The Hall–Kier alpha value is -2.25. The zero-order chi connectivity index (χ0) is 20.9. The number of carbonyl (C=O) groups is 2. The van der Waals surface area contributed by atoms with Crippen molar-refractivity contribution >= 4 is 11.8 Å². The number of rotatable bonds is 6. The molecule has 0 aliphatic carbocycles. The number of amides is 2. The second kappa shape index (κ2) is 9.30. The molecule has 0 radical (unpaired) electrons. The summed E-state index contributed by atoms with van der Waals surface area (Å²) in [5.74, 6) is -1.19. The van der Waals surface area contributed by atoms with E-state index in [0.717, 1.165) is 5.56 Å². The average Bonchev–Trinajstić information content (AvgIpc) is 2.65. The van der Waals surface area contributed by atoms with Crippen molar-refractivity contribution in [2.45, 2.75) is 51.8 Å². The summed E-state index contributed by atoms with van der Waals surface area (Å²) < 4.78 is 42.6. The number of halogens is 3. The molecule has 2 amide bonds. The van der Waals surface area contributed by atoms with Crippen LogP contribution in [0.3, 0.4) is 0 Å². The Bertz CT molecular complexity index is 684. The summed E-state index contributed by atoms with van der Waals surface area (Å²) >= 11 is 0. The highest BCUT2D eigenvalue weighted by Gasteiger charge is 2.39. The van der Waals surface area contributed by atoms with Gasteiger partial charge in [0.25, 0.3) is 5.91 Å². The highest BCUT2D eigenvalue weighted by Crippen LogP contribution is 2.27. The molecule has 8 heteroatoms. The molecule has 1 heterocycles. The lowest BCUT2D eigenvalue weighted by molar-refractivity contribution is -0.173. The van der Waals surface area contributed by atoms with Crippen molar-refractivity contribution in [2.24, 2.45) is 5.92 Å². The number of hydrogen-bond acceptors (Lipinski definition) is 3. The largest absolute Gasteiger partial charge is 0.481 e. The number of hydrogen-bond donors (Lipinski definition) is 1. The number of carbonyl (C=O) groups excluding carboxylic acids is 2. The van der Waals surface area contributed by atoms with Gasteiger partial charge in [-0.25, -0.2) is 0 Å². The third-order valence-electron chi connectivity index (χ3n) is 4.93. The van der Waals surface area contributed by atoms with Crippen LogP contribution in [0.1, 0.15) is 45.1 Å². The number of ether oxygens (including phenoxy) is 1. The Morgan fingerprint density at radius 1 is 1.18 bits per heavy atom. The molecule has 0 spiro atoms. The molecule has 28 heavy (non-hydrogen) atoms. The summed E-state index contributed by atoms with van der Waals surface area (Å²) in [5.41, 5.74) is 1.03. The molecule has 2 rings (SSSR count). The smallest absolute Gasteiger partial charge is 0.471 e. The number of alkyl halides is 3. The molecule has 1 aliphatic heterocycles. The summed E-state index contributed by atoms with van der Waals surface area (Å²) in [6.45, 7) is 6.65. The maximum atomic E-state index is 12.7. The van der Waals surface area contributed by atoms with Gasteiger partial charge in [0.15, 0.2) is 6.10 Å². The molecule has 1 fully saturated rings. The molecule has 5 nitrogen and oxygen atoms in total. The standard InChI is InChI=1S/C20H27F3N2O3/c1-13(2)16-6-4-5-7-17(16)28-14(3)18(26)25-10-8-15(9-11-25)12-24-19(27)20(21,22)23/h4-7,13-15H,8-12H2,1-3H3,(H,24,27). The first-order valence-electron chi connectivity index (χ1n) is 9.49. The lowest BCUT2D eigenvalue weighted by Gasteiger charge is -2.33. The SMILES string of the molecule is CC(Oc1ccccc1C(C)C)C(=O)N1CCC(CNC(=O)C(F)(F)F)CC1. The third-order valence-corrected chi connectivity index (χ3v) is 4.93. The van der Waals surface area contributed by atoms with Gasteiger partial charge >= 0.3 is 12.1 Å². The van der Waals surface area contributed by atoms with E-state index in [4.69, 9.17) is 4.74 Å². The number of piperidine rings is 1. The van der Waals surface area contributed by atoms with Crippen LogP contribution in [0.5, 0.6) is 5.75 Å². The summed E-state index contributed by atoms with van der Waals surface area (Å²) in [4.78, 5) is 25.2. The maximum Gasteiger partial charge on any atom is 0.471 e. The molecule has 1 aliphatic rings. The van der Waals surface area contributed by atoms with Gasteiger partial charge in [0.1, 0.15) is 5.75 Å². The van der Waals surface area contributed by atoms with Crippen molar-refractivity contribution in [3.63, 3.8) is 0 Å². The fourth-order valence-electron chi connectivity index (χ4n) is 3.26. The molecule has 1 aromatic carbocycles. The highest BCUT2D eigenvalue weighted by molar-refractivity contribution is 5.82. The van der Waals surface area contributed by atoms with Gasteiger partial charge in [-0.2, -0.15) is 13.2 Å². The van der Waals surface area contributed by atoms with Crippen LogP contribution in [0.2, 0.25) is 0 Å². The fraction of sp³-hybridized carbons (Fsp3) is 0.600. The van der Waals surface area contributed by atoms with Gasteiger partial charge in [-0.1, -0.05) is 32.0 Å². The van der Waals surface area contributed by atoms with Crippen LogP contribution in [0, 0.1) is 5.92 Å². The van der Waals surface area contributed by atoms with Gasteiger partial charge in [-0.05, 0) is 43.2 Å². The second-order valence-electron chi connectivity index (χ2n) is 7.43. The van der Waals surface area contributed by atoms with E-state index < -0.39 is 18.2 Å². The summed E-state index contributed by atoms with van der Waals surface area (Å²) in [6.07, 6.45) is -4.44. The van der Waals surface area contributed by atoms with Crippen molar-refractivity contribution in [1.29, 1.82) is 0 Å². The van der Waals surface area contributed by atoms with Crippen LogP contribution >= 0.6 is 0 Å². The first-order valence-corrected chi connectivity index (χ1v) is 9.49. The Balaban J connectivity index is 1.84. The van der Waals surface area contributed by atoms with E-state index >= 15 is 0 Å². The Morgan fingerprint density at radius 3 is 2.36 bits per heavy atom. The van der Waals surface area contributed by atoms with Gasteiger partial charge in [-0.15, -0.1) is 0 Å². The molecule has 1 N–H and O–H groups in total. The number of likely N-dealkylation sites (tertiary alicyclic amines) is 1. The lowest BCUT2D eigenvalue weighted by atomic mass is 9.96. The van der Waals surface area contributed by atoms with Crippen LogP contribution < -0.4 is 10.1 Å². The molecule has 1 unspecified atom stereocenters. The fourth-order valence-corrected chi connectivity index (χ4v) is 3.26. The number of nitrogens with zero attached hydrogens (tertiary/aromatic N) is 1. The molecule has 0 saturated carbocycles. The maximum absolute atomic E-state index is 12.7. The van der Waals surface area contributed by atoms with Crippen molar-refractivity contribution in [3.05, 3.63) is 29.8 Å². The first kappa shape index (κ1) is 22.0. The van der Waals surface area contributed by atoms with E-state index in [9.17, 15) is 22.8 Å². The normalized spacial score (nSPS) is 16.8. The van der Waals surface area contributed by atoms with Crippen LogP contribution in [0.25, 0.3) is 0 Å². The van der Waals surface area contributed by atoms with Crippen LogP contribution in [0.15, 0.2) is 24.3 Å². The van der Waals surface area contributed by atoms with Crippen molar-refractivity contribution in [2.75, 3.05) is 19.6 Å². The lowest BCUT2D eigenvalue weighted by Crippen LogP contribution is -2.47. The van der Waals surface area contributed by atoms with Gasteiger partial charge in [0.05, 0.1) is 0 Å². The second-order valence-corrected chi connectivity index (χ2v) is 7.43. The minimum absolute atomic E-state index is 0.0335. The Morgan fingerprint density at radius 2 is 1.79 bits per heavy atom. The molecule has 1 saturated heterocycles. The topological polar surface area (TPSA) is 58.6 Å². The molecular weight excluding hydrogens is 373 g/mol. The zero-order valence-corrected chi connectivity index (χ0v) is 16.4. The van der Waals surface area contributed by atoms with Crippen LogP contribution in [0.4, 0.5) is 13.2 Å². The van der Waals surface area contributed by atoms with Crippen LogP contribution in [-0.4, -0.2) is 48.6 Å². The number of benzene rings is 1. The zero-order valence-electron chi connectivity index (χ0n) is 16.4. The molecule has 1 atom stereocenters. The summed E-state index contributed by atoms with van der Waals surface area (Å²) in [5, 5.41) is 1.92. The van der Waals surface area contributed by atoms with E-state index in [2.05, 4.69) is 13.8 Å². The summed E-state index contributed by atoms with van der Waals surface area (Å²) in [6, 6.07) is 7.60. The average molecular weight is 400 g/mol. The van der Waals surface area contributed by atoms with Gasteiger partial charge in [0.2, 0.25) is 0 Å². The molecular formula is C20H27F3N2O3. The Labute approximate surface area is 163 Å². The highest BCUT2D eigenvalue weighted by atomic mass is 19.4. The number of nitrogens with one attached hydrogen (secondary N) is 1. The third kappa shape index (κ3) is 5.87. The van der Waals surface area contributed by atoms with E-state index in [0.29, 0.717) is 31.7 Å². The monoisotopic (exact) mass is 400 g/mol. The van der Waals surface area contributed by atoms with Crippen molar-refractivity contribution in [1.82, 2.24) is 10.2 Å². The Kier molecular flexibility index (Phi) is 7.32. The minimum Gasteiger partial charge on any atom is -0.481 e. The van der Waals surface area contributed by atoms with Crippen LogP contribution in [-0.2, 0) is 9.59 Å². The predicted molar refractivity (Wildman–Crippen MR) is 99.0 cm³/mol. The molecule has 156 valence electrons. The van der Waals surface area contributed by atoms with Gasteiger partial charge in [0, 0.05) is 19.6 Å². The molecule has 0 bridgehead atoms. The van der Waals surface area contributed by atoms with E-state index in [-0.39, 0.29) is 24.3 Å². The molecule has 1 aromatic rings. The van der Waals surface area contributed by atoms with E-state index in [1.165, 1.54) is 0 Å². The first-order chi connectivity index (χ1) is 13.1. The predicted octanol–water partition coefficient (Wildman–Crippen LogP) is 3.49. The van der Waals surface area contributed by atoms with Gasteiger partial charge in [-0.3, -0.25) is 9.59 Å². The van der Waals surface area contributed by atoms with Crippen molar-refractivity contribution in [3.8, 4) is 5.75 Å². The number of para-hydroxylation sites is 1. The summed E-state index contributed by atoms with van der Waals surface area (Å²) in [7, 11) is 0.